The molecule has 0 aliphatic carbocycles. The first-order valence-corrected chi connectivity index (χ1v) is 3.03. The van der Waals surface area contributed by atoms with Crippen molar-refractivity contribution in [2.75, 3.05) is 0 Å². The molecule has 0 bridgehead atoms. The summed E-state index contributed by atoms with van der Waals surface area (Å²) in [5.41, 5.74) is 0. The highest BCUT2D eigenvalue weighted by molar-refractivity contribution is 5.70. The van der Waals surface area contributed by atoms with Crippen LogP contribution in [0, 0.1) is 0 Å². The molecule has 0 atom stereocenters. The van der Waals surface area contributed by atoms with Gasteiger partial charge in [-0.1, -0.05) is 13.5 Å². The van der Waals surface area contributed by atoms with Crippen LogP contribution in [-0.2, 0) is 9.53 Å². The van der Waals surface area contributed by atoms with E-state index in [9.17, 15) is 4.79 Å². The van der Waals surface area contributed by atoms with Crippen molar-refractivity contribution < 1.29 is 9.53 Å². The maximum Gasteiger partial charge on any atom is 0.310 e. The molecule has 0 aromatic carbocycles. The van der Waals surface area contributed by atoms with Crippen LogP contribution in [0.5, 0.6) is 0 Å². The van der Waals surface area contributed by atoms with Crippen LogP contribution < -0.4 is 0 Å². The summed E-state index contributed by atoms with van der Waals surface area (Å²) in [6, 6.07) is 0. The van der Waals surface area contributed by atoms with Crippen molar-refractivity contribution in [3.63, 3.8) is 0 Å². The van der Waals surface area contributed by atoms with Crippen LogP contribution in [-0.4, -0.2) is 5.97 Å². The highest BCUT2D eigenvalue weighted by Gasteiger charge is 1.98. The van der Waals surface area contributed by atoms with Crippen LogP contribution in [0.15, 0.2) is 12.3 Å². The van der Waals surface area contributed by atoms with Gasteiger partial charge in [0, 0.05) is 6.42 Å². The normalized spacial score (nSPS) is 8.67. The van der Waals surface area contributed by atoms with E-state index >= 15 is 0 Å². The van der Waals surface area contributed by atoms with Gasteiger partial charge in [0.1, 0.15) is 0 Å². The zero-order valence-electron chi connectivity index (χ0n) is 5.94. The summed E-state index contributed by atoms with van der Waals surface area (Å²) < 4.78 is 4.66. The molecule has 0 amide bonds. The van der Waals surface area contributed by atoms with Crippen LogP contribution in [0.1, 0.15) is 26.7 Å². The largest absolute Gasteiger partial charge is 0.432 e. The van der Waals surface area contributed by atoms with Gasteiger partial charge in [-0.2, -0.15) is 0 Å². The topological polar surface area (TPSA) is 26.3 Å². The van der Waals surface area contributed by atoms with Gasteiger partial charge in [0.15, 0.2) is 0 Å². The first kappa shape index (κ1) is 8.21. The maximum absolute atomic E-state index is 10.6. The van der Waals surface area contributed by atoms with Gasteiger partial charge < -0.3 is 4.74 Å². The number of carbonyl (C=O) groups is 1. The van der Waals surface area contributed by atoms with Crippen LogP contribution >= 0.6 is 0 Å². The number of esters is 1. The molecule has 9 heavy (non-hydrogen) atoms. The molecule has 0 saturated carbocycles. The van der Waals surface area contributed by atoms with Gasteiger partial charge in [0.05, 0.1) is 5.76 Å². The molecule has 0 fully saturated rings. The Morgan fingerprint density at radius 1 is 1.67 bits per heavy atom. The summed E-state index contributed by atoms with van der Waals surface area (Å²) in [7, 11) is 0. The number of hydrogen-bond donors (Lipinski definition) is 0. The summed E-state index contributed by atoms with van der Waals surface area (Å²) in [6.45, 7) is 7.02. The van der Waals surface area contributed by atoms with Crippen molar-refractivity contribution >= 4 is 5.97 Å². The lowest BCUT2D eigenvalue weighted by Gasteiger charge is -1.99. The van der Waals surface area contributed by atoms with Crippen molar-refractivity contribution in [2.45, 2.75) is 26.7 Å². The number of allylic oxidation sites excluding steroid dienone is 1. The molecule has 0 saturated heterocycles. The fraction of sp³-hybridized carbons (Fsp3) is 0.571. The Morgan fingerprint density at radius 3 is 2.56 bits per heavy atom. The maximum atomic E-state index is 10.6. The quantitative estimate of drug-likeness (QED) is 0.428. The molecule has 0 N–H and O–H groups in total. The third kappa shape index (κ3) is 5.07. The van der Waals surface area contributed by atoms with Gasteiger partial charge in [0.2, 0.25) is 0 Å². The van der Waals surface area contributed by atoms with Gasteiger partial charge >= 0.3 is 5.97 Å². The van der Waals surface area contributed by atoms with E-state index in [0.717, 1.165) is 6.42 Å². The molecule has 0 aromatic heterocycles. The zero-order chi connectivity index (χ0) is 7.28. The van der Waals surface area contributed by atoms with Crippen LogP contribution in [0.4, 0.5) is 0 Å². The van der Waals surface area contributed by atoms with Crippen molar-refractivity contribution in [1.82, 2.24) is 0 Å². The summed E-state index contributed by atoms with van der Waals surface area (Å²) in [6.07, 6.45) is 1.30. The minimum atomic E-state index is -0.190. The summed E-state index contributed by atoms with van der Waals surface area (Å²) in [5.74, 6) is 0.276. The number of rotatable bonds is 3. The van der Waals surface area contributed by atoms with Crippen molar-refractivity contribution in [3.05, 3.63) is 12.3 Å². The smallest absolute Gasteiger partial charge is 0.310 e. The molecule has 0 aromatic rings. The molecule has 0 aliphatic heterocycles. The first-order valence-electron chi connectivity index (χ1n) is 3.03. The molecule has 2 heteroatoms. The van der Waals surface area contributed by atoms with Crippen molar-refractivity contribution in [2.24, 2.45) is 0 Å². The second-order valence-electron chi connectivity index (χ2n) is 1.93. The Balaban J connectivity index is 3.39. The van der Waals surface area contributed by atoms with Crippen molar-refractivity contribution in [3.8, 4) is 0 Å². The van der Waals surface area contributed by atoms with Gasteiger partial charge in [-0.3, -0.25) is 4.79 Å². The Morgan fingerprint density at radius 2 is 2.22 bits per heavy atom. The van der Waals surface area contributed by atoms with E-state index < -0.39 is 0 Å². The highest BCUT2D eigenvalue weighted by atomic mass is 16.5. The van der Waals surface area contributed by atoms with Crippen LogP contribution in [0.3, 0.4) is 0 Å². The van der Waals surface area contributed by atoms with Crippen LogP contribution in [0.25, 0.3) is 0 Å². The lowest BCUT2D eigenvalue weighted by molar-refractivity contribution is -0.139. The Kier molecular flexibility index (Phi) is 3.76. The molecular weight excluding hydrogens is 116 g/mol. The minimum absolute atomic E-state index is 0.190. The van der Waals surface area contributed by atoms with E-state index in [4.69, 9.17) is 0 Å². The number of carbonyl (C=O) groups excluding carboxylic acids is 1. The van der Waals surface area contributed by atoms with E-state index in [1.54, 1.807) is 6.92 Å². The highest BCUT2D eigenvalue weighted by Crippen LogP contribution is 1.96. The van der Waals surface area contributed by atoms with Gasteiger partial charge in [-0.05, 0) is 13.3 Å². The summed E-state index contributed by atoms with van der Waals surface area (Å²) in [4.78, 5) is 10.6. The van der Waals surface area contributed by atoms with E-state index in [1.165, 1.54) is 0 Å². The van der Waals surface area contributed by atoms with Gasteiger partial charge in [0.25, 0.3) is 0 Å². The Bertz CT molecular complexity index is 116. The molecule has 0 aliphatic rings. The van der Waals surface area contributed by atoms with Crippen molar-refractivity contribution in [1.29, 1.82) is 0 Å². The molecule has 0 spiro atoms. The SMILES string of the molecule is C=C(C)OC(=O)CCC. The molecule has 52 valence electrons. The van der Waals surface area contributed by atoms with E-state index in [1.807, 2.05) is 6.92 Å². The van der Waals surface area contributed by atoms with E-state index in [0.29, 0.717) is 12.2 Å². The van der Waals surface area contributed by atoms with Crippen LogP contribution in [0.2, 0.25) is 0 Å². The van der Waals surface area contributed by atoms with E-state index in [2.05, 4.69) is 11.3 Å². The minimum Gasteiger partial charge on any atom is -0.432 e. The summed E-state index contributed by atoms with van der Waals surface area (Å²) >= 11 is 0. The molecule has 0 heterocycles. The fourth-order valence-corrected chi connectivity index (χ4v) is 0.449. The third-order valence-corrected chi connectivity index (χ3v) is 0.742. The number of hydrogen-bond acceptors (Lipinski definition) is 2. The Labute approximate surface area is 55.5 Å². The molecule has 2 nitrogen and oxygen atoms in total. The fourth-order valence-electron chi connectivity index (χ4n) is 0.449. The lowest BCUT2D eigenvalue weighted by Crippen LogP contribution is -2.00. The molecule has 0 unspecified atom stereocenters. The number of ether oxygens (including phenoxy) is 1. The second-order valence-corrected chi connectivity index (χ2v) is 1.93. The third-order valence-electron chi connectivity index (χ3n) is 0.742. The summed E-state index contributed by atoms with van der Waals surface area (Å²) in [5, 5.41) is 0. The predicted molar refractivity (Wildman–Crippen MR) is 35.8 cm³/mol. The Hall–Kier alpha value is -0.790. The molecule has 0 rings (SSSR count). The zero-order valence-corrected chi connectivity index (χ0v) is 5.94. The van der Waals surface area contributed by atoms with E-state index in [-0.39, 0.29) is 5.97 Å². The monoisotopic (exact) mass is 128 g/mol. The standard InChI is InChI=1S/C7H12O2/c1-4-5-7(8)9-6(2)3/h2,4-5H2,1,3H3. The second kappa shape index (κ2) is 4.13. The molecular formula is C7H12O2. The first-order chi connectivity index (χ1) is 4.16. The average Bonchev–Trinajstić information content (AvgIpc) is 1.63. The molecule has 0 radical (unpaired) electrons. The van der Waals surface area contributed by atoms with Gasteiger partial charge in [-0.15, -0.1) is 0 Å². The predicted octanol–water partition coefficient (Wildman–Crippen LogP) is 1.86. The lowest BCUT2D eigenvalue weighted by atomic mass is 10.3. The average molecular weight is 128 g/mol. The van der Waals surface area contributed by atoms with Gasteiger partial charge in [-0.25, -0.2) is 0 Å².